The van der Waals surface area contributed by atoms with Crippen molar-refractivity contribution in [3.8, 4) is 22.8 Å². The Hall–Kier alpha value is -3.14. The van der Waals surface area contributed by atoms with Crippen LogP contribution in [0, 0.1) is 6.92 Å². The number of aromatic nitrogens is 2. The number of furan rings is 1. The summed E-state index contributed by atoms with van der Waals surface area (Å²) in [6, 6.07) is 15.3. The molecule has 0 saturated carbocycles. The third-order valence-corrected chi connectivity index (χ3v) is 3.66. The van der Waals surface area contributed by atoms with E-state index in [-0.39, 0.29) is 0 Å². The van der Waals surface area contributed by atoms with Crippen LogP contribution >= 0.6 is 0 Å². The van der Waals surface area contributed by atoms with Crippen LogP contribution in [0.25, 0.3) is 22.1 Å². The molecule has 4 nitrogen and oxygen atoms in total. The molecule has 1 aromatic carbocycles. The molecule has 0 aliphatic carbocycles. The van der Waals surface area contributed by atoms with Gasteiger partial charge in [0.25, 0.3) is 5.95 Å². The van der Waals surface area contributed by atoms with Gasteiger partial charge in [-0.15, -0.1) is 0 Å². The monoisotopic (exact) mass is 302 g/mol. The molecule has 0 amide bonds. The van der Waals surface area contributed by atoms with Crippen molar-refractivity contribution in [1.82, 2.24) is 9.97 Å². The van der Waals surface area contributed by atoms with E-state index in [1.807, 2.05) is 55.5 Å². The summed E-state index contributed by atoms with van der Waals surface area (Å²) < 4.78 is 11.9. The third kappa shape index (κ3) is 2.44. The summed E-state index contributed by atoms with van der Waals surface area (Å²) >= 11 is 0. The Labute approximate surface area is 133 Å². The average molecular weight is 302 g/mol. The first-order valence-electron chi connectivity index (χ1n) is 7.34. The van der Waals surface area contributed by atoms with Crippen LogP contribution in [0.15, 0.2) is 71.5 Å². The van der Waals surface area contributed by atoms with Crippen molar-refractivity contribution < 1.29 is 9.15 Å². The summed E-state index contributed by atoms with van der Waals surface area (Å²) in [5, 5.41) is 0.950. The summed E-state index contributed by atoms with van der Waals surface area (Å²) in [6.07, 6.45) is 5.28. The second-order valence-electron chi connectivity index (χ2n) is 5.19. The van der Waals surface area contributed by atoms with Gasteiger partial charge in [-0.2, -0.15) is 0 Å². The van der Waals surface area contributed by atoms with Gasteiger partial charge in [0.1, 0.15) is 11.3 Å². The zero-order valence-electron chi connectivity index (χ0n) is 12.6. The normalized spacial score (nSPS) is 10.8. The molecule has 0 aliphatic rings. The maximum atomic E-state index is 5.98. The molecule has 0 radical (unpaired) electrons. The lowest BCUT2D eigenvalue weighted by molar-refractivity contribution is 0.362. The van der Waals surface area contributed by atoms with Gasteiger partial charge < -0.3 is 9.15 Å². The first-order chi connectivity index (χ1) is 11.3. The number of benzene rings is 1. The molecule has 4 rings (SSSR count). The number of pyridine rings is 2. The molecule has 0 spiro atoms. The van der Waals surface area contributed by atoms with Gasteiger partial charge in [-0.05, 0) is 31.2 Å². The lowest BCUT2D eigenvalue weighted by Gasteiger charge is -2.05. The molecule has 3 heterocycles. The van der Waals surface area contributed by atoms with Gasteiger partial charge in [0.05, 0.1) is 10.9 Å². The number of para-hydroxylation sites is 1. The van der Waals surface area contributed by atoms with E-state index in [1.54, 1.807) is 18.6 Å². The summed E-state index contributed by atoms with van der Waals surface area (Å²) in [7, 11) is 0. The molecule has 0 atom stereocenters. The largest absolute Gasteiger partial charge is 0.426 e. The fraction of sp³-hybridized carbons (Fsp3) is 0.0526. The van der Waals surface area contributed by atoms with E-state index in [0.717, 1.165) is 33.5 Å². The number of nitrogens with zero attached hydrogens (tertiary/aromatic N) is 2. The van der Waals surface area contributed by atoms with E-state index in [9.17, 15) is 0 Å². The Kier molecular flexibility index (Phi) is 3.27. The van der Waals surface area contributed by atoms with Crippen molar-refractivity contribution in [2.45, 2.75) is 6.92 Å². The Morgan fingerprint density at radius 1 is 0.957 bits per heavy atom. The van der Waals surface area contributed by atoms with Crippen LogP contribution in [0.4, 0.5) is 0 Å². The van der Waals surface area contributed by atoms with Crippen molar-refractivity contribution in [2.24, 2.45) is 0 Å². The molecule has 0 fully saturated rings. The van der Waals surface area contributed by atoms with Crippen LogP contribution in [0.3, 0.4) is 0 Å². The van der Waals surface area contributed by atoms with Gasteiger partial charge in [-0.3, -0.25) is 9.97 Å². The summed E-state index contributed by atoms with van der Waals surface area (Å²) in [4.78, 5) is 8.59. The number of ether oxygens (including phenoxy) is 1. The molecule has 0 unspecified atom stereocenters. The van der Waals surface area contributed by atoms with Crippen LogP contribution in [0.5, 0.6) is 11.7 Å². The Morgan fingerprint density at radius 2 is 1.83 bits per heavy atom. The molecule has 0 bridgehead atoms. The Bertz CT molecular complexity index is 947. The highest BCUT2D eigenvalue weighted by atomic mass is 16.6. The van der Waals surface area contributed by atoms with E-state index >= 15 is 0 Å². The van der Waals surface area contributed by atoms with E-state index in [1.165, 1.54) is 0 Å². The van der Waals surface area contributed by atoms with E-state index in [2.05, 4.69) is 9.97 Å². The van der Waals surface area contributed by atoms with Gasteiger partial charge in [0.15, 0.2) is 0 Å². The summed E-state index contributed by atoms with van der Waals surface area (Å²) in [6.45, 7) is 1.96. The predicted octanol–water partition coefficient (Wildman–Crippen LogP) is 4.99. The van der Waals surface area contributed by atoms with Crippen LogP contribution < -0.4 is 4.74 Å². The standard InChI is InChI=1S/C19H14N2O2/c1-13-17-16(9-11-21-13)23-19(22-15-7-3-2-4-8-15)18(17)14-6-5-10-20-12-14/h2-12H,1H3. The quantitative estimate of drug-likeness (QED) is 0.535. The van der Waals surface area contributed by atoms with E-state index in [0.29, 0.717) is 5.95 Å². The number of hydrogen-bond acceptors (Lipinski definition) is 4. The van der Waals surface area contributed by atoms with Gasteiger partial charge in [0, 0.05) is 29.8 Å². The van der Waals surface area contributed by atoms with Crippen molar-refractivity contribution in [3.63, 3.8) is 0 Å². The molecule has 4 aromatic rings. The first-order valence-corrected chi connectivity index (χ1v) is 7.34. The predicted molar refractivity (Wildman–Crippen MR) is 88.5 cm³/mol. The second kappa shape index (κ2) is 5.57. The van der Waals surface area contributed by atoms with Crippen molar-refractivity contribution >= 4 is 11.0 Å². The maximum Gasteiger partial charge on any atom is 0.299 e. The van der Waals surface area contributed by atoms with Gasteiger partial charge in [-0.1, -0.05) is 24.3 Å². The van der Waals surface area contributed by atoms with Gasteiger partial charge in [0.2, 0.25) is 0 Å². The Morgan fingerprint density at radius 3 is 2.61 bits per heavy atom. The zero-order chi connectivity index (χ0) is 15.6. The molecule has 112 valence electrons. The number of rotatable bonds is 3. The minimum Gasteiger partial charge on any atom is -0.426 e. The molecule has 3 aromatic heterocycles. The van der Waals surface area contributed by atoms with E-state index < -0.39 is 0 Å². The topological polar surface area (TPSA) is 48.2 Å². The van der Waals surface area contributed by atoms with Gasteiger partial charge >= 0.3 is 0 Å². The maximum absolute atomic E-state index is 5.98. The average Bonchev–Trinajstić information content (AvgIpc) is 2.96. The molecular weight excluding hydrogens is 288 g/mol. The Balaban J connectivity index is 1.95. The minimum absolute atomic E-state index is 0.454. The fourth-order valence-corrected chi connectivity index (χ4v) is 2.63. The van der Waals surface area contributed by atoms with Crippen LogP contribution in [-0.4, -0.2) is 9.97 Å². The van der Waals surface area contributed by atoms with Crippen LogP contribution in [0.1, 0.15) is 5.69 Å². The zero-order valence-corrected chi connectivity index (χ0v) is 12.6. The smallest absolute Gasteiger partial charge is 0.299 e. The summed E-state index contributed by atoms with van der Waals surface area (Å²) in [5.74, 6) is 1.18. The highest BCUT2D eigenvalue weighted by Gasteiger charge is 2.20. The highest BCUT2D eigenvalue weighted by Crippen LogP contribution is 2.42. The second-order valence-corrected chi connectivity index (χ2v) is 5.19. The van der Waals surface area contributed by atoms with Crippen molar-refractivity contribution in [2.75, 3.05) is 0 Å². The molecule has 0 N–H and O–H groups in total. The van der Waals surface area contributed by atoms with Crippen molar-refractivity contribution in [1.29, 1.82) is 0 Å². The highest BCUT2D eigenvalue weighted by molar-refractivity contribution is 5.98. The number of fused-ring (bicyclic) bond motifs is 1. The molecule has 4 heteroatoms. The van der Waals surface area contributed by atoms with Crippen molar-refractivity contribution in [3.05, 3.63) is 72.8 Å². The lowest BCUT2D eigenvalue weighted by atomic mass is 10.1. The number of hydrogen-bond donors (Lipinski definition) is 0. The molecule has 0 aliphatic heterocycles. The van der Waals surface area contributed by atoms with Gasteiger partial charge in [-0.25, -0.2) is 0 Å². The van der Waals surface area contributed by atoms with Crippen LogP contribution in [-0.2, 0) is 0 Å². The summed E-state index contributed by atoms with van der Waals surface area (Å²) in [5.41, 5.74) is 3.46. The minimum atomic E-state index is 0.454. The first kappa shape index (κ1) is 13.5. The SMILES string of the molecule is Cc1nccc2oc(Oc3ccccc3)c(-c3cccnc3)c12. The molecular formula is C19H14N2O2. The van der Waals surface area contributed by atoms with E-state index in [4.69, 9.17) is 9.15 Å². The fourth-order valence-electron chi connectivity index (χ4n) is 2.63. The van der Waals surface area contributed by atoms with Crippen LogP contribution in [0.2, 0.25) is 0 Å². The lowest BCUT2D eigenvalue weighted by Crippen LogP contribution is -1.87. The molecule has 23 heavy (non-hydrogen) atoms. The molecule has 0 saturated heterocycles. The number of aryl methyl sites for hydroxylation is 1. The third-order valence-electron chi connectivity index (χ3n) is 3.66.